The number of carbonyl (C=O) groups is 1. The summed E-state index contributed by atoms with van der Waals surface area (Å²) in [5, 5.41) is 17.6. The van der Waals surface area contributed by atoms with Gasteiger partial charge in [-0.1, -0.05) is 29.8 Å². The van der Waals surface area contributed by atoms with E-state index in [1.807, 2.05) is 37.3 Å². The molecule has 3 rings (SSSR count). The van der Waals surface area contributed by atoms with Crippen LogP contribution < -0.4 is 10.1 Å². The Bertz CT molecular complexity index is 709. The Morgan fingerprint density at radius 1 is 1.27 bits per heavy atom. The van der Waals surface area contributed by atoms with Crippen LogP contribution in [0.5, 0.6) is 5.75 Å². The second kappa shape index (κ2) is 8.36. The van der Waals surface area contributed by atoms with Gasteiger partial charge in [0.2, 0.25) is 5.91 Å². The quantitative estimate of drug-likeness (QED) is 0.803. The zero-order chi connectivity index (χ0) is 18.5. The van der Waals surface area contributed by atoms with Gasteiger partial charge in [0.1, 0.15) is 23.7 Å². The average Bonchev–Trinajstić information content (AvgIpc) is 2.84. The van der Waals surface area contributed by atoms with Crippen LogP contribution in [0.2, 0.25) is 0 Å². The fraction of sp³-hybridized carbons (Fsp3) is 0.500. The lowest BCUT2D eigenvalue weighted by molar-refractivity contribution is -0.122. The Hall–Kier alpha value is -2.34. The second-order valence-electron chi connectivity index (χ2n) is 6.90. The van der Waals surface area contributed by atoms with Crippen LogP contribution in [0.3, 0.4) is 0 Å². The molecule has 26 heavy (non-hydrogen) atoms. The molecule has 0 radical (unpaired) electrons. The van der Waals surface area contributed by atoms with Crippen molar-refractivity contribution in [1.82, 2.24) is 10.5 Å². The van der Waals surface area contributed by atoms with Gasteiger partial charge in [-0.3, -0.25) is 4.79 Å². The molecular formula is C20H26N2O4. The first-order valence-corrected chi connectivity index (χ1v) is 9.15. The SMILES string of the molecule is Cc1noc(C)c1CC(=O)N[C@@H]1CCCC[C@@H](Oc2ccccc2)[C@@H]1O. The molecule has 3 atom stereocenters. The van der Waals surface area contributed by atoms with Crippen molar-refractivity contribution in [1.29, 1.82) is 0 Å². The van der Waals surface area contributed by atoms with Crippen LogP contribution in [0.15, 0.2) is 34.9 Å². The Morgan fingerprint density at radius 2 is 2.00 bits per heavy atom. The minimum absolute atomic E-state index is 0.135. The molecule has 0 saturated heterocycles. The van der Waals surface area contributed by atoms with Crippen LogP contribution in [0.4, 0.5) is 0 Å². The zero-order valence-electron chi connectivity index (χ0n) is 15.3. The van der Waals surface area contributed by atoms with Gasteiger partial charge in [0, 0.05) is 5.56 Å². The Labute approximate surface area is 153 Å². The van der Waals surface area contributed by atoms with E-state index in [2.05, 4.69) is 10.5 Å². The van der Waals surface area contributed by atoms with E-state index >= 15 is 0 Å². The number of nitrogens with one attached hydrogen (secondary N) is 1. The van der Waals surface area contributed by atoms with Gasteiger partial charge in [0.25, 0.3) is 0 Å². The summed E-state index contributed by atoms with van der Waals surface area (Å²) in [6.45, 7) is 3.62. The standard InChI is InChI=1S/C20H26N2O4/c1-13-16(14(2)26-22-13)12-19(23)21-17-10-6-7-11-18(20(17)24)25-15-8-4-3-5-9-15/h3-5,8-9,17-18,20,24H,6-7,10-12H2,1-2H3,(H,21,23)/t17-,18-,20-/m1/s1. The number of aryl methyl sites for hydroxylation is 2. The smallest absolute Gasteiger partial charge is 0.224 e. The maximum atomic E-state index is 12.5. The molecule has 1 fully saturated rings. The van der Waals surface area contributed by atoms with Crippen molar-refractivity contribution < 1.29 is 19.2 Å². The molecule has 0 unspecified atom stereocenters. The molecule has 0 spiro atoms. The number of hydrogen-bond donors (Lipinski definition) is 2. The van der Waals surface area contributed by atoms with Crippen LogP contribution in [0.1, 0.15) is 42.7 Å². The van der Waals surface area contributed by atoms with E-state index in [0.29, 0.717) is 5.76 Å². The maximum Gasteiger partial charge on any atom is 0.224 e. The molecule has 1 amide bonds. The summed E-state index contributed by atoms with van der Waals surface area (Å²) in [6, 6.07) is 9.17. The Balaban J connectivity index is 1.63. The van der Waals surface area contributed by atoms with E-state index < -0.39 is 6.10 Å². The summed E-state index contributed by atoms with van der Waals surface area (Å²) in [4.78, 5) is 12.5. The molecular weight excluding hydrogens is 332 g/mol. The van der Waals surface area contributed by atoms with Gasteiger partial charge >= 0.3 is 0 Å². The van der Waals surface area contributed by atoms with Gasteiger partial charge in [0.05, 0.1) is 18.2 Å². The number of benzene rings is 1. The summed E-state index contributed by atoms with van der Waals surface area (Å²) in [5.74, 6) is 1.26. The number of hydrogen-bond acceptors (Lipinski definition) is 5. The highest BCUT2D eigenvalue weighted by Crippen LogP contribution is 2.24. The summed E-state index contributed by atoms with van der Waals surface area (Å²) in [7, 11) is 0. The maximum absolute atomic E-state index is 12.5. The highest BCUT2D eigenvalue weighted by Gasteiger charge is 2.32. The van der Waals surface area contributed by atoms with E-state index in [4.69, 9.17) is 9.26 Å². The number of aromatic nitrogens is 1. The molecule has 1 aromatic heterocycles. The number of carbonyl (C=O) groups excluding carboxylic acids is 1. The van der Waals surface area contributed by atoms with E-state index in [1.54, 1.807) is 6.92 Å². The zero-order valence-corrected chi connectivity index (χ0v) is 15.3. The van der Waals surface area contributed by atoms with E-state index in [0.717, 1.165) is 42.7 Å². The fourth-order valence-corrected chi connectivity index (χ4v) is 3.44. The topological polar surface area (TPSA) is 84.6 Å². The van der Waals surface area contributed by atoms with E-state index in [-0.39, 0.29) is 24.5 Å². The van der Waals surface area contributed by atoms with Crippen LogP contribution in [-0.4, -0.2) is 34.4 Å². The van der Waals surface area contributed by atoms with Crippen molar-refractivity contribution in [2.45, 2.75) is 64.2 Å². The molecule has 0 aliphatic heterocycles. The van der Waals surface area contributed by atoms with Crippen molar-refractivity contribution in [2.75, 3.05) is 0 Å². The second-order valence-corrected chi connectivity index (χ2v) is 6.90. The molecule has 1 aromatic carbocycles. The predicted octanol–water partition coefficient (Wildman–Crippen LogP) is 2.70. The first-order chi connectivity index (χ1) is 12.5. The largest absolute Gasteiger partial charge is 0.488 e. The third-order valence-electron chi connectivity index (χ3n) is 4.94. The lowest BCUT2D eigenvalue weighted by Crippen LogP contribution is -2.49. The number of aliphatic hydroxyl groups is 1. The van der Waals surface area contributed by atoms with Crippen LogP contribution in [0.25, 0.3) is 0 Å². The lowest BCUT2D eigenvalue weighted by Gasteiger charge is -2.28. The number of para-hydroxylation sites is 1. The van der Waals surface area contributed by atoms with Crippen molar-refractivity contribution >= 4 is 5.91 Å². The lowest BCUT2D eigenvalue weighted by atomic mass is 10.0. The number of nitrogens with zero attached hydrogens (tertiary/aromatic N) is 1. The van der Waals surface area contributed by atoms with E-state index in [9.17, 15) is 9.90 Å². The van der Waals surface area contributed by atoms with E-state index in [1.165, 1.54) is 0 Å². The molecule has 1 saturated carbocycles. The minimum atomic E-state index is -0.744. The van der Waals surface area contributed by atoms with Crippen molar-refractivity contribution in [3.63, 3.8) is 0 Å². The molecule has 0 bridgehead atoms. The number of ether oxygens (including phenoxy) is 1. The van der Waals surface area contributed by atoms with Crippen LogP contribution >= 0.6 is 0 Å². The van der Waals surface area contributed by atoms with Crippen molar-refractivity contribution in [3.8, 4) is 5.75 Å². The van der Waals surface area contributed by atoms with Gasteiger partial charge in [0.15, 0.2) is 0 Å². The first-order valence-electron chi connectivity index (χ1n) is 9.15. The molecule has 140 valence electrons. The monoisotopic (exact) mass is 358 g/mol. The number of amides is 1. The molecule has 2 N–H and O–H groups in total. The molecule has 1 aliphatic carbocycles. The van der Waals surface area contributed by atoms with Crippen LogP contribution in [0, 0.1) is 13.8 Å². The molecule has 6 nitrogen and oxygen atoms in total. The average molecular weight is 358 g/mol. The summed E-state index contributed by atoms with van der Waals surface area (Å²) in [6.07, 6.45) is 2.55. The number of aliphatic hydroxyl groups excluding tert-OH is 1. The first kappa shape index (κ1) is 18.5. The molecule has 1 aliphatic rings. The van der Waals surface area contributed by atoms with Crippen LogP contribution in [-0.2, 0) is 11.2 Å². The molecule has 6 heteroatoms. The van der Waals surface area contributed by atoms with Crippen molar-refractivity contribution in [3.05, 3.63) is 47.3 Å². The third kappa shape index (κ3) is 4.43. The van der Waals surface area contributed by atoms with Gasteiger partial charge in [-0.25, -0.2) is 0 Å². The highest BCUT2D eigenvalue weighted by atomic mass is 16.5. The van der Waals surface area contributed by atoms with Gasteiger partial charge in [-0.05, 0) is 45.2 Å². The van der Waals surface area contributed by atoms with Gasteiger partial charge < -0.3 is 19.7 Å². The van der Waals surface area contributed by atoms with Crippen molar-refractivity contribution in [2.24, 2.45) is 0 Å². The Kier molecular flexibility index (Phi) is 5.93. The summed E-state index contributed by atoms with van der Waals surface area (Å²) < 4.78 is 11.1. The number of rotatable bonds is 5. The molecule has 2 aromatic rings. The van der Waals surface area contributed by atoms with Gasteiger partial charge in [-0.2, -0.15) is 0 Å². The van der Waals surface area contributed by atoms with Gasteiger partial charge in [-0.15, -0.1) is 0 Å². The molecule has 1 heterocycles. The third-order valence-corrected chi connectivity index (χ3v) is 4.94. The minimum Gasteiger partial charge on any atom is -0.488 e. The highest BCUT2D eigenvalue weighted by molar-refractivity contribution is 5.79. The summed E-state index contributed by atoms with van der Waals surface area (Å²) in [5.41, 5.74) is 1.53. The summed E-state index contributed by atoms with van der Waals surface area (Å²) >= 11 is 0. The fourth-order valence-electron chi connectivity index (χ4n) is 3.44. The Morgan fingerprint density at radius 3 is 2.69 bits per heavy atom. The predicted molar refractivity (Wildman–Crippen MR) is 96.9 cm³/mol. The normalized spacial score (nSPS) is 23.3.